The van der Waals surface area contributed by atoms with Crippen LogP contribution in [-0.4, -0.2) is 31.6 Å². The summed E-state index contributed by atoms with van der Waals surface area (Å²) >= 11 is 0. The highest BCUT2D eigenvalue weighted by Crippen LogP contribution is 2.48. The standard InChI is InChI=1S/C21H23NO3/c1-24-18-12-16-9-11-22-20(23)8-10-21(22,17(16)13-19(18)25-2)14-15-6-4-3-5-7-15/h3-7,12-13H,8-11,14H2,1-2H3. The van der Waals surface area contributed by atoms with Gasteiger partial charge in [-0.3, -0.25) is 4.79 Å². The minimum Gasteiger partial charge on any atom is -0.493 e. The predicted molar refractivity (Wildman–Crippen MR) is 96.0 cm³/mol. The number of nitrogens with zero attached hydrogens (tertiary/aromatic N) is 1. The van der Waals surface area contributed by atoms with E-state index in [0.717, 1.165) is 37.3 Å². The molecule has 0 aliphatic carbocycles. The Bertz CT molecular complexity index is 802. The van der Waals surface area contributed by atoms with Crippen molar-refractivity contribution in [1.29, 1.82) is 0 Å². The van der Waals surface area contributed by atoms with Crippen molar-refractivity contribution in [3.8, 4) is 11.5 Å². The first-order valence-corrected chi connectivity index (χ1v) is 8.78. The Morgan fingerprint density at radius 2 is 1.76 bits per heavy atom. The molecule has 25 heavy (non-hydrogen) atoms. The van der Waals surface area contributed by atoms with Gasteiger partial charge in [-0.15, -0.1) is 0 Å². The van der Waals surface area contributed by atoms with Crippen LogP contribution in [0, 0.1) is 0 Å². The zero-order chi connectivity index (χ0) is 17.4. The molecule has 0 radical (unpaired) electrons. The Labute approximate surface area is 148 Å². The van der Waals surface area contributed by atoms with Crippen molar-refractivity contribution in [3.63, 3.8) is 0 Å². The molecule has 2 aliphatic heterocycles. The largest absolute Gasteiger partial charge is 0.493 e. The Hall–Kier alpha value is -2.49. The highest BCUT2D eigenvalue weighted by atomic mass is 16.5. The maximum Gasteiger partial charge on any atom is 0.223 e. The second-order valence-corrected chi connectivity index (χ2v) is 6.85. The zero-order valence-corrected chi connectivity index (χ0v) is 14.7. The molecular formula is C21H23NO3. The molecule has 4 heteroatoms. The fourth-order valence-electron chi connectivity index (χ4n) is 4.45. The first-order valence-electron chi connectivity index (χ1n) is 8.78. The van der Waals surface area contributed by atoms with Gasteiger partial charge in [-0.2, -0.15) is 0 Å². The Kier molecular flexibility index (Phi) is 3.91. The van der Waals surface area contributed by atoms with Gasteiger partial charge in [0, 0.05) is 13.0 Å². The molecule has 0 bridgehead atoms. The first kappa shape index (κ1) is 16.0. The van der Waals surface area contributed by atoms with Gasteiger partial charge < -0.3 is 14.4 Å². The van der Waals surface area contributed by atoms with Gasteiger partial charge in [-0.25, -0.2) is 0 Å². The van der Waals surface area contributed by atoms with E-state index in [2.05, 4.69) is 41.3 Å². The molecule has 2 aromatic rings. The average molecular weight is 337 g/mol. The van der Waals surface area contributed by atoms with Gasteiger partial charge in [0.25, 0.3) is 0 Å². The fourth-order valence-corrected chi connectivity index (χ4v) is 4.45. The molecule has 2 heterocycles. The van der Waals surface area contributed by atoms with Gasteiger partial charge in [0.05, 0.1) is 19.8 Å². The number of fused-ring (bicyclic) bond motifs is 3. The third-order valence-electron chi connectivity index (χ3n) is 5.63. The summed E-state index contributed by atoms with van der Waals surface area (Å²) in [6, 6.07) is 14.6. The zero-order valence-electron chi connectivity index (χ0n) is 14.7. The summed E-state index contributed by atoms with van der Waals surface area (Å²) in [5, 5.41) is 0. The van der Waals surface area contributed by atoms with Crippen molar-refractivity contribution in [3.05, 3.63) is 59.2 Å². The quantitative estimate of drug-likeness (QED) is 0.859. The molecule has 1 amide bonds. The minimum absolute atomic E-state index is 0.261. The number of amides is 1. The average Bonchev–Trinajstić information content (AvgIpc) is 2.98. The fraction of sp³-hybridized carbons (Fsp3) is 0.381. The van der Waals surface area contributed by atoms with Crippen molar-refractivity contribution in [2.24, 2.45) is 0 Å². The van der Waals surface area contributed by atoms with E-state index >= 15 is 0 Å². The molecule has 4 rings (SSSR count). The lowest BCUT2D eigenvalue weighted by Crippen LogP contribution is -2.49. The second kappa shape index (κ2) is 6.10. The number of ether oxygens (including phenoxy) is 2. The second-order valence-electron chi connectivity index (χ2n) is 6.85. The van der Waals surface area contributed by atoms with E-state index in [1.165, 1.54) is 16.7 Å². The smallest absolute Gasteiger partial charge is 0.223 e. The van der Waals surface area contributed by atoms with Gasteiger partial charge in [0.2, 0.25) is 5.91 Å². The summed E-state index contributed by atoms with van der Waals surface area (Å²) in [6.45, 7) is 0.772. The molecule has 1 atom stereocenters. The summed E-state index contributed by atoms with van der Waals surface area (Å²) in [4.78, 5) is 14.7. The maximum absolute atomic E-state index is 12.6. The lowest BCUT2D eigenvalue weighted by atomic mass is 9.76. The number of rotatable bonds is 4. The molecule has 1 unspecified atom stereocenters. The summed E-state index contributed by atoms with van der Waals surface area (Å²) in [5.41, 5.74) is 3.46. The van der Waals surface area contributed by atoms with E-state index < -0.39 is 0 Å². The van der Waals surface area contributed by atoms with E-state index in [1.807, 2.05) is 6.07 Å². The van der Waals surface area contributed by atoms with Crippen molar-refractivity contribution in [2.45, 2.75) is 31.2 Å². The number of carbonyl (C=O) groups is 1. The molecule has 0 saturated carbocycles. The molecule has 2 aliphatic rings. The maximum atomic E-state index is 12.6. The van der Waals surface area contributed by atoms with Crippen LogP contribution in [0.3, 0.4) is 0 Å². The molecule has 0 spiro atoms. The normalized spacial score (nSPS) is 21.7. The highest BCUT2D eigenvalue weighted by Gasteiger charge is 2.49. The van der Waals surface area contributed by atoms with E-state index in [0.29, 0.717) is 6.42 Å². The lowest BCUT2D eigenvalue weighted by molar-refractivity contribution is -0.132. The molecule has 2 aromatic carbocycles. The van der Waals surface area contributed by atoms with Gasteiger partial charge in [0.1, 0.15) is 0 Å². The lowest BCUT2D eigenvalue weighted by Gasteiger charge is -2.44. The summed E-state index contributed by atoms with van der Waals surface area (Å²) < 4.78 is 11.0. The van der Waals surface area contributed by atoms with Crippen LogP contribution >= 0.6 is 0 Å². The molecular weight excluding hydrogens is 314 g/mol. The van der Waals surface area contributed by atoms with Gasteiger partial charge >= 0.3 is 0 Å². The highest BCUT2D eigenvalue weighted by molar-refractivity contribution is 5.81. The van der Waals surface area contributed by atoms with Crippen LogP contribution in [0.2, 0.25) is 0 Å². The van der Waals surface area contributed by atoms with E-state index in [4.69, 9.17) is 9.47 Å². The molecule has 0 N–H and O–H groups in total. The van der Waals surface area contributed by atoms with Crippen LogP contribution in [0.4, 0.5) is 0 Å². The topological polar surface area (TPSA) is 38.8 Å². The van der Waals surface area contributed by atoms with Crippen LogP contribution < -0.4 is 9.47 Å². The number of methoxy groups -OCH3 is 2. The third kappa shape index (κ3) is 2.48. The van der Waals surface area contributed by atoms with E-state index in [-0.39, 0.29) is 11.4 Å². The van der Waals surface area contributed by atoms with Crippen molar-refractivity contribution in [2.75, 3.05) is 20.8 Å². The number of carbonyl (C=O) groups excluding carboxylic acids is 1. The van der Waals surface area contributed by atoms with Crippen molar-refractivity contribution >= 4 is 5.91 Å². The molecule has 4 nitrogen and oxygen atoms in total. The Balaban J connectivity index is 1.87. The Morgan fingerprint density at radius 3 is 2.48 bits per heavy atom. The van der Waals surface area contributed by atoms with Gasteiger partial charge in [-0.05, 0) is 48.1 Å². The minimum atomic E-state index is -0.272. The van der Waals surface area contributed by atoms with Crippen LogP contribution in [0.25, 0.3) is 0 Å². The molecule has 130 valence electrons. The monoisotopic (exact) mass is 337 g/mol. The van der Waals surface area contributed by atoms with E-state index in [9.17, 15) is 4.79 Å². The molecule has 1 saturated heterocycles. The van der Waals surface area contributed by atoms with Crippen LogP contribution in [0.1, 0.15) is 29.5 Å². The van der Waals surface area contributed by atoms with Crippen molar-refractivity contribution in [1.82, 2.24) is 4.90 Å². The summed E-state index contributed by atoms with van der Waals surface area (Å²) in [5.74, 6) is 1.75. The predicted octanol–water partition coefficient (Wildman–Crippen LogP) is 3.32. The third-order valence-corrected chi connectivity index (χ3v) is 5.63. The Morgan fingerprint density at radius 1 is 1.04 bits per heavy atom. The van der Waals surface area contributed by atoms with Crippen LogP contribution in [-0.2, 0) is 23.2 Å². The van der Waals surface area contributed by atoms with Gasteiger partial charge in [-0.1, -0.05) is 30.3 Å². The van der Waals surface area contributed by atoms with Crippen molar-refractivity contribution < 1.29 is 14.3 Å². The first-order chi connectivity index (χ1) is 12.2. The number of hydrogen-bond acceptors (Lipinski definition) is 3. The van der Waals surface area contributed by atoms with Crippen LogP contribution in [0.5, 0.6) is 11.5 Å². The molecule has 0 aromatic heterocycles. The summed E-state index contributed by atoms with van der Waals surface area (Å²) in [6.07, 6.45) is 3.16. The van der Waals surface area contributed by atoms with E-state index in [1.54, 1.807) is 14.2 Å². The van der Waals surface area contributed by atoms with Gasteiger partial charge in [0.15, 0.2) is 11.5 Å². The summed E-state index contributed by atoms with van der Waals surface area (Å²) in [7, 11) is 3.33. The number of hydrogen-bond donors (Lipinski definition) is 0. The van der Waals surface area contributed by atoms with Crippen LogP contribution in [0.15, 0.2) is 42.5 Å². The molecule has 1 fully saturated rings. The SMILES string of the molecule is COc1cc2c(cc1OC)C1(Cc3ccccc3)CCC(=O)N1CC2. The number of benzene rings is 2.